The molecule has 0 saturated heterocycles. The van der Waals surface area contributed by atoms with Gasteiger partial charge >= 0.3 is 0 Å². The Bertz CT molecular complexity index is 2620. The second-order valence-corrected chi connectivity index (χ2v) is 23.4. The van der Waals surface area contributed by atoms with Crippen molar-refractivity contribution >= 4 is 33.2 Å². The molecule has 0 bridgehead atoms. The summed E-state index contributed by atoms with van der Waals surface area (Å²) in [5.41, 5.74) is 11.4. The molecule has 7 rings (SSSR count). The summed E-state index contributed by atoms with van der Waals surface area (Å²) < 4.78 is 8.98. The van der Waals surface area contributed by atoms with Crippen molar-refractivity contribution in [3.63, 3.8) is 0 Å². The third-order valence-corrected chi connectivity index (χ3v) is 11.9. The van der Waals surface area contributed by atoms with Gasteiger partial charge in [-0.1, -0.05) is 148 Å². The fourth-order valence-electron chi connectivity index (χ4n) is 8.34. The molecular formula is C56H69N4OPt-3. The van der Waals surface area contributed by atoms with Crippen molar-refractivity contribution in [1.29, 1.82) is 0 Å². The number of pyridine rings is 1. The Hall–Kier alpha value is -4.34. The molecule has 2 aromatic heterocycles. The zero-order chi connectivity index (χ0) is 44.8. The van der Waals surface area contributed by atoms with Crippen LogP contribution >= 0.6 is 0 Å². The maximum absolute atomic E-state index is 6.75. The Kier molecular flexibility index (Phi) is 12.2. The molecule has 0 unspecified atom stereocenters. The molecular weight excluding hydrogens is 940 g/mol. The summed E-state index contributed by atoms with van der Waals surface area (Å²) in [6.45, 7) is 43.5. The van der Waals surface area contributed by atoms with Gasteiger partial charge in [0.25, 0.3) is 0 Å². The van der Waals surface area contributed by atoms with E-state index in [0.29, 0.717) is 11.5 Å². The van der Waals surface area contributed by atoms with Gasteiger partial charge in [0, 0.05) is 72.2 Å². The van der Waals surface area contributed by atoms with E-state index in [1.165, 1.54) is 44.7 Å². The molecule has 5 nitrogen and oxygen atoms in total. The van der Waals surface area contributed by atoms with Gasteiger partial charge in [-0.3, -0.25) is 0 Å². The van der Waals surface area contributed by atoms with Gasteiger partial charge in [0.05, 0.1) is 0 Å². The van der Waals surface area contributed by atoms with E-state index in [9.17, 15) is 0 Å². The second-order valence-electron chi connectivity index (χ2n) is 23.4. The van der Waals surface area contributed by atoms with Gasteiger partial charge in [-0.05, 0) is 79.6 Å². The number of allylic oxidation sites excluding steroid dienone is 2. The molecule has 0 amide bonds. The maximum Gasteiger partial charge on any atom is 0.135 e. The molecule has 4 aromatic carbocycles. The SMILES string of the molecule is CC(C)(C)C1=C(C(C)(C)C)N(c2cc(C(C)(C)C)cc(C(C)(C)C)c2)[CH-]N1c1[c-]c(Oc2[c-]c3c(cc2)c2cc(C(C)(C)C)ccc2n3-c2cc(C(C)(C)C)ccn2)ccc1.[Pt]. The van der Waals surface area contributed by atoms with Crippen molar-refractivity contribution in [2.24, 2.45) is 10.8 Å². The Morgan fingerprint density at radius 2 is 1.05 bits per heavy atom. The normalized spacial score (nSPS) is 14.6. The molecule has 0 radical (unpaired) electrons. The zero-order valence-corrected chi connectivity index (χ0v) is 42.9. The summed E-state index contributed by atoms with van der Waals surface area (Å²) in [6, 6.07) is 36.1. The summed E-state index contributed by atoms with van der Waals surface area (Å²) in [7, 11) is 0. The zero-order valence-electron chi connectivity index (χ0n) is 40.7. The first-order valence-corrected chi connectivity index (χ1v) is 22.0. The minimum Gasteiger partial charge on any atom is -0.509 e. The summed E-state index contributed by atoms with van der Waals surface area (Å²) in [4.78, 5) is 9.69. The molecule has 0 aliphatic carbocycles. The predicted octanol–water partition coefficient (Wildman–Crippen LogP) is 15.5. The molecule has 1 aliphatic rings. The molecule has 0 saturated carbocycles. The van der Waals surface area contributed by atoms with Gasteiger partial charge in [0.1, 0.15) is 5.82 Å². The number of nitrogens with zero attached hydrogens (tertiary/aromatic N) is 4. The third kappa shape index (κ3) is 9.31. The molecule has 6 heteroatoms. The van der Waals surface area contributed by atoms with Crippen LogP contribution in [0.3, 0.4) is 0 Å². The second kappa shape index (κ2) is 16.0. The Balaban J connectivity index is 0.00000641. The van der Waals surface area contributed by atoms with Crippen LogP contribution in [-0.2, 0) is 42.7 Å². The number of fused-ring (bicyclic) bond motifs is 3. The number of aromatic nitrogens is 2. The van der Waals surface area contributed by atoms with Crippen LogP contribution in [0.2, 0.25) is 0 Å². The van der Waals surface area contributed by atoms with E-state index in [1.807, 2.05) is 18.3 Å². The van der Waals surface area contributed by atoms with E-state index in [1.54, 1.807) is 0 Å². The van der Waals surface area contributed by atoms with E-state index in [-0.39, 0.29) is 53.6 Å². The van der Waals surface area contributed by atoms with Gasteiger partial charge in [0.2, 0.25) is 0 Å². The quantitative estimate of drug-likeness (QED) is 0.161. The van der Waals surface area contributed by atoms with E-state index < -0.39 is 0 Å². The van der Waals surface area contributed by atoms with Crippen molar-refractivity contribution in [2.45, 2.75) is 146 Å². The monoisotopic (exact) mass is 1010 g/mol. The van der Waals surface area contributed by atoms with Crippen LogP contribution in [0.25, 0.3) is 27.6 Å². The Morgan fingerprint density at radius 3 is 1.61 bits per heavy atom. The van der Waals surface area contributed by atoms with Crippen molar-refractivity contribution < 1.29 is 25.8 Å². The van der Waals surface area contributed by atoms with Crippen molar-refractivity contribution in [2.75, 3.05) is 9.80 Å². The molecule has 6 aromatic rings. The first-order chi connectivity index (χ1) is 28.0. The fourth-order valence-corrected chi connectivity index (χ4v) is 8.34. The van der Waals surface area contributed by atoms with Crippen molar-refractivity contribution in [3.05, 3.63) is 138 Å². The van der Waals surface area contributed by atoms with E-state index in [2.05, 4.69) is 225 Å². The van der Waals surface area contributed by atoms with Crippen molar-refractivity contribution in [1.82, 2.24) is 9.55 Å². The van der Waals surface area contributed by atoms with Crippen LogP contribution in [0.15, 0.2) is 96.5 Å². The average Bonchev–Trinajstić information content (AvgIpc) is 3.71. The summed E-state index contributed by atoms with van der Waals surface area (Å²) in [6.07, 6.45) is 1.92. The number of rotatable bonds is 5. The minimum atomic E-state index is -0.190. The van der Waals surface area contributed by atoms with Crippen LogP contribution in [-0.4, -0.2) is 9.55 Å². The van der Waals surface area contributed by atoms with Gasteiger partial charge < -0.3 is 19.1 Å². The van der Waals surface area contributed by atoms with Gasteiger partial charge in [-0.2, -0.15) is 12.1 Å². The maximum atomic E-state index is 6.75. The molecule has 332 valence electrons. The number of hydrogen-bond donors (Lipinski definition) is 0. The van der Waals surface area contributed by atoms with Gasteiger partial charge in [-0.15, -0.1) is 48.1 Å². The van der Waals surface area contributed by atoms with Gasteiger partial charge in [0.15, 0.2) is 0 Å². The topological polar surface area (TPSA) is 33.5 Å². The van der Waals surface area contributed by atoms with E-state index >= 15 is 0 Å². The molecule has 0 spiro atoms. The molecule has 1 aliphatic heterocycles. The third-order valence-electron chi connectivity index (χ3n) is 11.9. The fraction of sp³-hybridized carbons (Fsp3) is 0.429. The Labute approximate surface area is 388 Å². The van der Waals surface area contributed by atoms with Crippen LogP contribution in [0.4, 0.5) is 11.4 Å². The van der Waals surface area contributed by atoms with Crippen LogP contribution < -0.4 is 14.5 Å². The van der Waals surface area contributed by atoms with Crippen LogP contribution in [0, 0.1) is 29.6 Å². The summed E-state index contributed by atoms with van der Waals surface area (Å²) >= 11 is 0. The standard InChI is InChI=1S/C56H69N4O.Pt/c1-51(2,3)36-22-25-46-45(31-36)44-24-23-43(34-47(44)60(46)48-32-37(26-27-57-48)52(4,5)6)61-42-21-19-20-40(33-42)58-35-59(50(56(16,17)18)49(58)55(13,14)15)41-29-38(53(7,8)9)28-39(30-41)54(10,11)12;/h19-32,35H,1-18H3;/q-3;. The van der Waals surface area contributed by atoms with E-state index in [0.717, 1.165) is 27.9 Å². The minimum absolute atomic E-state index is 0. The average molecular weight is 1010 g/mol. The molecule has 0 fully saturated rings. The number of hydrogen-bond acceptors (Lipinski definition) is 4. The molecule has 0 atom stereocenters. The first-order valence-electron chi connectivity index (χ1n) is 22.0. The largest absolute Gasteiger partial charge is 0.509 e. The number of benzene rings is 4. The van der Waals surface area contributed by atoms with Crippen molar-refractivity contribution in [3.8, 4) is 17.3 Å². The van der Waals surface area contributed by atoms with Crippen LogP contribution in [0.1, 0.15) is 147 Å². The van der Waals surface area contributed by atoms with E-state index in [4.69, 9.17) is 9.72 Å². The van der Waals surface area contributed by atoms with Gasteiger partial charge in [-0.25, -0.2) is 4.98 Å². The predicted molar refractivity (Wildman–Crippen MR) is 259 cm³/mol. The summed E-state index contributed by atoms with van der Waals surface area (Å²) in [5.74, 6) is 2.11. The molecule has 3 heterocycles. The Morgan fingerprint density at radius 1 is 0.500 bits per heavy atom. The van der Waals surface area contributed by atoms with Crippen LogP contribution in [0.5, 0.6) is 11.5 Å². The summed E-state index contributed by atoms with van der Waals surface area (Å²) in [5, 5.41) is 2.29. The number of anilines is 2. The first kappa shape index (κ1) is 47.1. The molecule has 62 heavy (non-hydrogen) atoms. The number of ether oxygens (including phenoxy) is 1. The smallest absolute Gasteiger partial charge is 0.135 e. The molecule has 0 N–H and O–H groups in total.